The number of amides is 2. The molecule has 8 heteroatoms. The molecule has 0 saturated carbocycles. The number of hydrogen-bond acceptors (Lipinski definition) is 5. The van der Waals surface area contributed by atoms with E-state index in [1.807, 2.05) is 32.9 Å². The highest BCUT2D eigenvalue weighted by molar-refractivity contribution is 5.96. The number of non-ortho nitro benzene ring substituents is 1. The van der Waals surface area contributed by atoms with E-state index in [9.17, 15) is 19.7 Å². The second-order valence-corrected chi connectivity index (χ2v) is 7.22. The first-order valence-corrected chi connectivity index (χ1v) is 9.15. The minimum Gasteiger partial charge on any atom is -0.324 e. The fourth-order valence-corrected chi connectivity index (χ4v) is 3.14. The van der Waals surface area contributed by atoms with E-state index >= 15 is 0 Å². The zero-order valence-corrected chi connectivity index (χ0v) is 17.4. The van der Waals surface area contributed by atoms with E-state index in [1.165, 1.54) is 29.2 Å². The summed E-state index contributed by atoms with van der Waals surface area (Å²) in [6.45, 7) is 6.00. The largest absolute Gasteiger partial charge is 0.324 e. The summed E-state index contributed by atoms with van der Waals surface area (Å²) in [7, 11) is 3.28. The summed E-state index contributed by atoms with van der Waals surface area (Å²) in [6.07, 6.45) is 0. The zero-order chi connectivity index (χ0) is 21.7. The number of hydrogen-bond donors (Lipinski definition) is 1. The van der Waals surface area contributed by atoms with E-state index in [1.54, 1.807) is 19.0 Å². The molecule has 2 rings (SSSR count). The van der Waals surface area contributed by atoms with Crippen LogP contribution in [-0.4, -0.2) is 48.8 Å². The van der Waals surface area contributed by atoms with E-state index in [0.717, 1.165) is 22.4 Å². The quantitative estimate of drug-likeness (QED) is 0.571. The van der Waals surface area contributed by atoms with Gasteiger partial charge in [0.1, 0.15) is 0 Å². The second-order valence-electron chi connectivity index (χ2n) is 7.22. The Morgan fingerprint density at radius 3 is 2.07 bits per heavy atom. The van der Waals surface area contributed by atoms with Gasteiger partial charge in [0.25, 0.3) is 5.69 Å². The standard InChI is InChI=1S/C21H26N4O4/c1-14-10-15(2)21(16(3)11-14)22-19(26)12-23(4)13-20(27)24(5)17-6-8-18(9-7-17)25(28)29/h6-11H,12-13H2,1-5H3,(H,22,26). The lowest BCUT2D eigenvalue weighted by molar-refractivity contribution is -0.384. The molecule has 0 atom stereocenters. The predicted octanol–water partition coefficient (Wildman–Crippen LogP) is 3.05. The summed E-state index contributed by atoms with van der Waals surface area (Å²) in [6, 6.07) is 9.76. The van der Waals surface area contributed by atoms with Gasteiger partial charge in [0, 0.05) is 30.6 Å². The number of rotatable bonds is 7. The van der Waals surface area contributed by atoms with Crippen molar-refractivity contribution >= 4 is 28.9 Å². The number of anilines is 2. The van der Waals surface area contributed by atoms with Crippen LogP contribution in [0.3, 0.4) is 0 Å². The van der Waals surface area contributed by atoms with E-state index in [0.29, 0.717) is 5.69 Å². The van der Waals surface area contributed by atoms with Crippen molar-refractivity contribution in [3.8, 4) is 0 Å². The Hall–Kier alpha value is -3.26. The Morgan fingerprint density at radius 2 is 1.55 bits per heavy atom. The Bertz CT molecular complexity index is 902. The minimum atomic E-state index is -0.491. The smallest absolute Gasteiger partial charge is 0.269 e. The number of aryl methyl sites for hydroxylation is 3. The van der Waals surface area contributed by atoms with E-state index in [-0.39, 0.29) is 30.6 Å². The number of benzene rings is 2. The molecule has 0 aliphatic carbocycles. The maximum atomic E-state index is 12.5. The van der Waals surface area contributed by atoms with Gasteiger partial charge in [0.15, 0.2) is 0 Å². The number of nitrogens with zero attached hydrogens (tertiary/aromatic N) is 3. The number of likely N-dealkylation sites (N-methyl/N-ethyl adjacent to an activating group) is 2. The van der Waals surface area contributed by atoms with Gasteiger partial charge in [-0.2, -0.15) is 0 Å². The molecule has 0 aliphatic rings. The zero-order valence-electron chi connectivity index (χ0n) is 17.4. The van der Waals surface area contributed by atoms with E-state index in [2.05, 4.69) is 5.32 Å². The fraction of sp³-hybridized carbons (Fsp3) is 0.333. The molecular formula is C21H26N4O4. The number of carbonyl (C=O) groups is 2. The van der Waals surface area contributed by atoms with Crippen LogP contribution in [0.15, 0.2) is 36.4 Å². The number of nitrogens with one attached hydrogen (secondary N) is 1. The SMILES string of the molecule is Cc1cc(C)c(NC(=O)CN(C)CC(=O)N(C)c2ccc([N+](=O)[O-])cc2)c(C)c1. The molecule has 0 radical (unpaired) electrons. The molecule has 0 heterocycles. The maximum Gasteiger partial charge on any atom is 0.269 e. The summed E-state index contributed by atoms with van der Waals surface area (Å²) in [5.41, 5.74) is 4.42. The van der Waals surface area contributed by atoms with Crippen molar-refractivity contribution < 1.29 is 14.5 Å². The summed E-state index contributed by atoms with van der Waals surface area (Å²) < 4.78 is 0. The second kappa shape index (κ2) is 9.29. The Labute approximate surface area is 170 Å². The summed E-state index contributed by atoms with van der Waals surface area (Å²) >= 11 is 0. The highest BCUT2D eigenvalue weighted by Crippen LogP contribution is 2.22. The summed E-state index contributed by atoms with van der Waals surface area (Å²) in [4.78, 5) is 38.1. The van der Waals surface area contributed by atoms with Crippen LogP contribution in [0.5, 0.6) is 0 Å². The molecule has 0 aromatic heterocycles. The third-order valence-electron chi connectivity index (χ3n) is 4.58. The van der Waals surface area contributed by atoms with Gasteiger partial charge in [-0.25, -0.2) is 0 Å². The predicted molar refractivity (Wildman–Crippen MR) is 113 cm³/mol. The molecule has 0 spiro atoms. The third-order valence-corrected chi connectivity index (χ3v) is 4.58. The lowest BCUT2D eigenvalue weighted by Gasteiger charge is -2.22. The number of nitro groups is 1. The van der Waals surface area contributed by atoms with E-state index in [4.69, 9.17) is 0 Å². The first-order chi connectivity index (χ1) is 13.6. The van der Waals surface area contributed by atoms with Crippen LogP contribution in [0.1, 0.15) is 16.7 Å². The van der Waals surface area contributed by atoms with Crippen molar-refractivity contribution in [3.05, 3.63) is 63.2 Å². The van der Waals surface area contributed by atoms with Crippen molar-refractivity contribution in [2.24, 2.45) is 0 Å². The van der Waals surface area contributed by atoms with Crippen molar-refractivity contribution in [2.75, 3.05) is 37.4 Å². The molecule has 8 nitrogen and oxygen atoms in total. The monoisotopic (exact) mass is 398 g/mol. The van der Waals surface area contributed by atoms with Crippen molar-refractivity contribution in [3.63, 3.8) is 0 Å². The van der Waals surface area contributed by atoms with E-state index < -0.39 is 4.92 Å². The maximum absolute atomic E-state index is 12.5. The molecule has 0 saturated heterocycles. The van der Waals surface area contributed by atoms with Gasteiger partial charge in [0.2, 0.25) is 11.8 Å². The van der Waals surface area contributed by atoms with Gasteiger partial charge in [-0.15, -0.1) is 0 Å². The first-order valence-electron chi connectivity index (χ1n) is 9.15. The van der Waals surface area contributed by atoms with Crippen molar-refractivity contribution in [1.82, 2.24) is 4.90 Å². The minimum absolute atomic E-state index is 0.0345. The van der Waals surface area contributed by atoms with Crippen LogP contribution < -0.4 is 10.2 Å². The average molecular weight is 398 g/mol. The van der Waals surface area contributed by atoms with Gasteiger partial charge in [0.05, 0.1) is 18.0 Å². The van der Waals surface area contributed by atoms with Gasteiger partial charge in [-0.1, -0.05) is 17.7 Å². The number of nitro benzene ring substituents is 1. The fourth-order valence-electron chi connectivity index (χ4n) is 3.14. The highest BCUT2D eigenvalue weighted by atomic mass is 16.6. The summed E-state index contributed by atoms with van der Waals surface area (Å²) in [5, 5.41) is 13.7. The third kappa shape index (κ3) is 5.86. The number of carbonyl (C=O) groups excluding carboxylic acids is 2. The molecule has 2 aromatic rings. The Balaban J connectivity index is 1.94. The molecule has 0 fully saturated rings. The van der Waals surface area contributed by atoms with Gasteiger partial charge in [-0.3, -0.25) is 24.6 Å². The highest BCUT2D eigenvalue weighted by Gasteiger charge is 2.17. The van der Waals surface area contributed by atoms with Gasteiger partial charge >= 0.3 is 0 Å². The first kappa shape index (κ1) is 22.0. The van der Waals surface area contributed by atoms with Gasteiger partial charge in [-0.05, 0) is 51.1 Å². The normalized spacial score (nSPS) is 10.7. The average Bonchev–Trinajstić information content (AvgIpc) is 2.63. The van der Waals surface area contributed by atoms with Crippen LogP contribution >= 0.6 is 0 Å². The lowest BCUT2D eigenvalue weighted by Crippen LogP contribution is -2.40. The molecule has 29 heavy (non-hydrogen) atoms. The molecule has 154 valence electrons. The lowest BCUT2D eigenvalue weighted by atomic mass is 10.1. The Kier molecular flexibility index (Phi) is 7.06. The van der Waals surface area contributed by atoms with Crippen LogP contribution in [0.2, 0.25) is 0 Å². The van der Waals surface area contributed by atoms with Gasteiger partial charge < -0.3 is 10.2 Å². The van der Waals surface area contributed by atoms with Crippen LogP contribution in [0, 0.1) is 30.9 Å². The molecule has 0 bridgehead atoms. The van der Waals surface area contributed by atoms with Crippen LogP contribution in [0.4, 0.5) is 17.1 Å². The molecular weight excluding hydrogens is 372 g/mol. The topological polar surface area (TPSA) is 95.8 Å². The Morgan fingerprint density at radius 1 is 1.00 bits per heavy atom. The molecule has 0 aliphatic heterocycles. The van der Waals surface area contributed by atoms with Crippen LogP contribution in [-0.2, 0) is 9.59 Å². The molecule has 2 aromatic carbocycles. The molecule has 2 amide bonds. The molecule has 1 N–H and O–H groups in total. The van der Waals surface area contributed by atoms with Crippen molar-refractivity contribution in [1.29, 1.82) is 0 Å². The van der Waals surface area contributed by atoms with Crippen molar-refractivity contribution in [2.45, 2.75) is 20.8 Å². The summed E-state index contributed by atoms with van der Waals surface area (Å²) in [5.74, 6) is -0.426. The molecule has 0 unspecified atom stereocenters. The van der Waals surface area contributed by atoms with Crippen LogP contribution in [0.25, 0.3) is 0 Å².